The van der Waals surface area contributed by atoms with Gasteiger partial charge in [0, 0.05) is 18.6 Å². The first kappa shape index (κ1) is 9.93. The molecule has 1 unspecified atom stereocenters. The lowest BCUT2D eigenvalue weighted by Gasteiger charge is -2.23. The Kier molecular flexibility index (Phi) is 3.03. The fourth-order valence-corrected chi connectivity index (χ4v) is 2.15. The summed E-state index contributed by atoms with van der Waals surface area (Å²) in [5.74, 6) is -0.699. The van der Waals surface area contributed by atoms with E-state index in [1.54, 1.807) is 0 Å². The van der Waals surface area contributed by atoms with Crippen LogP contribution in [0.25, 0.3) is 0 Å². The molecule has 1 saturated carbocycles. The van der Waals surface area contributed by atoms with Crippen molar-refractivity contribution < 1.29 is 9.90 Å². The average Bonchev–Trinajstić information content (AvgIpc) is 2.85. The summed E-state index contributed by atoms with van der Waals surface area (Å²) in [4.78, 5) is 12.8. The number of carboxylic acids is 1. The van der Waals surface area contributed by atoms with Gasteiger partial charge < -0.3 is 10.4 Å². The molecule has 80 valence electrons. The molecule has 0 aromatic heterocycles. The Morgan fingerprint density at radius 2 is 2.21 bits per heavy atom. The first-order valence-electron chi connectivity index (χ1n) is 5.45. The third kappa shape index (κ3) is 2.69. The van der Waals surface area contributed by atoms with Gasteiger partial charge in [0.25, 0.3) is 0 Å². The van der Waals surface area contributed by atoms with E-state index in [9.17, 15) is 4.79 Å². The molecule has 1 atom stereocenters. The summed E-state index contributed by atoms with van der Waals surface area (Å²) in [5, 5.41) is 12.2. The van der Waals surface area contributed by atoms with Crippen molar-refractivity contribution >= 4 is 5.97 Å². The maximum absolute atomic E-state index is 10.7. The standard InChI is InChI=1S/C10H18N2O2/c13-10(14)7-12(9-3-4-9)6-8-2-1-5-11-8/h8-9,11H,1-7H2,(H,13,14). The van der Waals surface area contributed by atoms with Gasteiger partial charge in [-0.2, -0.15) is 0 Å². The highest BCUT2D eigenvalue weighted by Crippen LogP contribution is 2.27. The number of rotatable bonds is 5. The van der Waals surface area contributed by atoms with Crippen LogP contribution in [0.5, 0.6) is 0 Å². The zero-order valence-corrected chi connectivity index (χ0v) is 8.41. The van der Waals surface area contributed by atoms with E-state index in [-0.39, 0.29) is 6.54 Å². The van der Waals surface area contributed by atoms with Crippen molar-refractivity contribution in [2.24, 2.45) is 0 Å². The fraction of sp³-hybridized carbons (Fsp3) is 0.900. The predicted molar refractivity (Wildman–Crippen MR) is 53.3 cm³/mol. The van der Waals surface area contributed by atoms with Crippen molar-refractivity contribution in [2.45, 2.75) is 37.8 Å². The van der Waals surface area contributed by atoms with Gasteiger partial charge in [0.2, 0.25) is 0 Å². The van der Waals surface area contributed by atoms with E-state index in [0.717, 1.165) is 13.1 Å². The Bertz CT molecular complexity index is 210. The smallest absolute Gasteiger partial charge is 0.317 e. The van der Waals surface area contributed by atoms with Crippen molar-refractivity contribution in [1.82, 2.24) is 10.2 Å². The second-order valence-corrected chi connectivity index (χ2v) is 4.35. The molecule has 2 rings (SSSR count). The number of hydrogen-bond donors (Lipinski definition) is 2. The summed E-state index contributed by atoms with van der Waals surface area (Å²) >= 11 is 0. The lowest BCUT2D eigenvalue weighted by Crippen LogP contribution is -2.41. The van der Waals surface area contributed by atoms with Gasteiger partial charge in [-0.15, -0.1) is 0 Å². The minimum Gasteiger partial charge on any atom is -0.480 e. The summed E-state index contributed by atoms with van der Waals surface area (Å²) in [6.45, 7) is 2.22. The van der Waals surface area contributed by atoms with Crippen molar-refractivity contribution in [3.8, 4) is 0 Å². The largest absolute Gasteiger partial charge is 0.480 e. The molecule has 0 bridgehead atoms. The van der Waals surface area contributed by atoms with E-state index in [1.165, 1.54) is 25.7 Å². The summed E-state index contributed by atoms with van der Waals surface area (Å²) < 4.78 is 0. The van der Waals surface area contributed by atoms with E-state index >= 15 is 0 Å². The zero-order valence-electron chi connectivity index (χ0n) is 8.41. The summed E-state index contributed by atoms with van der Waals surface area (Å²) in [7, 11) is 0. The third-order valence-corrected chi connectivity index (χ3v) is 3.02. The molecule has 4 heteroatoms. The second kappa shape index (κ2) is 4.28. The molecular formula is C10H18N2O2. The molecule has 0 radical (unpaired) electrons. The molecule has 1 saturated heterocycles. The van der Waals surface area contributed by atoms with Crippen LogP contribution in [-0.4, -0.2) is 47.7 Å². The zero-order chi connectivity index (χ0) is 9.97. The summed E-state index contributed by atoms with van der Waals surface area (Å²) in [6, 6.07) is 1.07. The number of nitrogens with zero attached hydrogens (tertiary/aromatic N) is 1. The quantitative estimate of drug-likeness (QED) is 0.666. The molecule has 1 aliphatic carbocycles. The van der Waals surface area contributed by atoms with Crippen LogP contribution < -0.4 is 5.32 Å². The minimum absolute atomic E-state index is 0.211. The first-order chi connectivity index (χ1) is 6.75. The van der Waals surface area contributed by atoms with E-state index in [0.29, 0.717) is 12.1 Å². The third-order valence-electron chi connectivity index (χ3n) is 3.02. The maximum Gasteiger partial charge on any atom is 0.317 e. The van der Waals surface area contributed by atoms with Gasteiger partial charge in [-0.3, -0.25) is 9.69 Å². The maximum atomic E-state index is 10.7. The van der Waals surface area contributed by atoms with Crippen LogP contribution in [0, 0.1) is 0 Å². The Hall–Kier alpha value is -0.610. The molecule has 2 aliphatic rings. The molecule has 4 nitrogen and oxygen atoms in total. The number of carbonyl (C=O) groups is 1. The van der Waals surface area contributed by atoms with E-state index in [2.05, 4.69) is 10.2 Å². The highest BCUT2D eigenvalue weighted by Gasteiger charge is 2.32. The molecule has 0 amide bonds. The lowest BCUT2D eigenvalue weighted by atomic mass is 10.2. The van der Waals surface area contributed by atoms with Crippen LogP contribution in [0.4, 0.5) is 0 Å². The van der Waals surface area contributed by atoms with Gasteiger partial charge in [0.05, 0.1) is 6.54 Å². The number of carboxylic acid groups (broad SMARTS) is 1. The summed E-state index contributed by atoms with van der Waals surface area (Å²) in [6.07, 6.45) is 4.79. The van der Waals surface area contributed by atoms with Gasteiger partial charge in [0.15, 0.2) is 0 Å². The first-order valence-corrected chi connectivity index (χ1v) is 5.45. The molecule has 0 spiro atoms. The van der Waals surface area contributed by atoms with Gasteiger partial charge in [-0.1, -0.05) is 0 Å². The van der Waals surface area contributed by atoms with Crippen LogP contribution in [0.15, 0.2) is 0 Å². The average molecular weight is 198 g/mol. The van der Waals surface area contributed by atoms with Gasteiger partial charge >= 0.3 is 5.97 Å². The molecule has 2 fully saturated rings. The predicted octanol–water partition coefficient (Wildman–Crippen LogP) is 0.287. The van der Waals surface area contributed by atoms with Gasteiger partial charge in [-0.25, -0.2) is 0 Å². The molecule has 2 N–H and O–H groups in total. The van der Waals surface area contributed by atoms with Gasteiger partial charge in [0.1, 0.15) is 0 Å². The molecule has 14 heavy (non-hydrogen) atoms. The fourth-order valence-electron chi connectivity index (χ4n) is 2.15. The van der Waals surface area contributed by atoms with E-state index in [4.69, 9.17) is 5.11 Å². The van der Waals surface area contributed by atoms with Crippen LogP contribution in [0.1, 0.15) is 25.7 Å². The van der Waals surface area contributed by atoms with Crippen LogP contribution in [0.2, 0.25) is 0 Å². The molecular weight excluding hydrogens is 180 g/mol. The summed E-state index contributed by atoms with van der Waals surface area (Å²) in [5.41, 5.74) is 0. The van der Waals surface area contributed by atoms with E-state index in [1.807, 2.05) is 0 Å². The Balaban J connectivity index is 1.80. The molecule has 0 aromatic rings. The Morgan fingerprint density at radius 1 is 1.43 bits per heavy atom. The monoisotopic (exact) mass is 198 g/mol. The van der Waals surface area contributed by atoms with E-state index < -0.39 is 5.97 Å². The molecule has 0 aromatic carbocycles. The number of aliphatic carboxylic acids is 1. The SMILES string of the molecule is O=C(O)CN(CC1CCCN1)C1CC1. The molecule has 1 heterocycles. The van der Waals surface area contributed by atoms with Crippen molar-refractivity contribution in [3.63, 3.8) is 0 Å². The lowest BCUT2D eigenvalue weighted by molar-refractivity contribution is -0.138. The van der Waals surface area contributed by atoms with Crippen molar-refractivity contribution in [3.05, 3.63) is 0 Å². The normalized spacial score (nSPS) is 27.1. The topological polar surface area (TPSA) is 52.6 Å². The van der Waals surface area contributed by atoms with Crippen molar-refractivity contribution in [2.75, 3.05) is 19.6 Å². The van der Waals surface area contributed by atoms with Gasteiger partial charge in [-0.05, 0) is 32.2 Å². The number of nitrogens with one attached hydrogen (secondary N) is 1. The van der Waals surface area contributed by atoms with Crippen molar-refractivity contribution in [1.29, 1.82) is 0 Å². The minimum atomic E-state index is -0.699. The van der Waals surface area contributed by atoms with Crippen LogP contribution in [0.3, 0.4) is 0 Å². The van der Waals surface area contributed by atoms with Crippen LogP contribution >= 0.6 is 0 Å². The highest BCUT2D eigenvalue weighted by molar-refractivity contribution is 5.69. The van der Waals surface area contributed by atoms with Crippen LogP contribution in [-0.2, 0) is 4.79 Å². The number of hydrogen-bond acceptors (Lipinski definition) is 3. The molecule has 1 aliphatic heterocycles. The Morgan fingerprint density at radius 3 is 2.71 bits per heavy atom. The Labute approximate surface area is 84.3 Å². The highest BCUT2D eigenvalue weighted by atomic mass is 16.4. The second-order valence-electron chi connectivity index (χ2n) is 4.35.